The van der Waals surface area contributed by atoms with Gasteiger partial charge in [0, 0.05) is 37.8 Å². The maximum atomic E-state index is 14.0. The van der Waals surface area contributed by atoms with Crippen molar-refractivity contribution in [1.82, 2.24) is 9.80 Å². The van der Waals surface area contributed by atoms with Crippen LogP contribution in [-0.2, 0) is 14.4 Å². The molecular weight excluding hydrogens is 408 g/mol. The lowest BCUT2D eigenvalue weighted by atomic mass is 9.71. The summed E-state index contributed by atoms with van der Waals surface area (Å²) in [5.74, 6) is -2.91. The first kappa shape index (κ1) is 21.5. The van der Waals surface area contributed by atoms with E-state index in [1.54, 1.807) is 63.5 Å². The molecule has 4 amide bonds. The van der Waals surface area contributed by atoms with E-state index in [2.05, 4.69) is 0 Å². The first-order chi connectivity index (χ1) is 15.2. The van der Waals surface area contributed by atoms with Crippen molar-refractivity contribution in [1.29, 1.82) is 0 Å². The highest BCUT2D eigenvalue weighted by atomic mass is 16.2. The molecule has 32 heavy (non-hydrogen) atoms. The predicted octanol–water partition coefficient (Wildman–Crippen LogP) is 1.22. The average Bonchev–Trinajstić information content (AvgIpc) is 3.11. The number of anilines is 1. The summed E-state index contributed by atoms with van der Waals surface area (Å²) in [5.41, 5.74) is 6.10. The molecule has 2 aromatic carbocycles. The van der Waals surface area contributed by atoms with E-state index >= 15 is 0 Å². The van der Waals surface area contributed by atoms with Crippen molar-refractivity contribution in [2.24, 2.45) is 11.7 Å². The Morgan fingerprint density at radius 3 is 2.31 bits per heavy atom. The Bertz CT molecular complexity index is 1100. The number of para-hydroxylation sites is 1. The molecule has 166 valence electrons. The molecule has 3 atom stereocenters. The highest BCUT2D eigenvalue weighted by molar-refractivity contribution is 6.11. The summed E-state index contributed by atoms with van der Waals surface area (Å²) >= 11 is 0. The van der Waals surface area contributed by atoms with Crippen LogP contribution in [0.15, 0.2) is 54.6 Å². The van der Waals surface area contributed by atoms with E-state index in [1.165, 1.54) is 14.7 Å². The van der Waals surface area contributed by atoms with E-state index in [0.29, 0.717) is 11.3 Å². The minimum Gasteiger partial charge on any atom is -0.369 e. The molecule has 0 unspecified atom stereocenters. The number of benzene rings is 2. The largest absolute Gasteiger partial charge is 0.369 e. The van der Waals surface area contributed by atoms with Gasteiger partial charge in [0.25, 0.3) is 11.8 Å². The number of primary amides is 1. The Labute approximate surface area is 186 Å². The first-order valence-electron chi connectivity index (χ1n) is 10.4. The molecule has 0 saturated carbocycles. The Kier molecular flexibility index (Phi) is 5.24. The van der Waals surface area contributed by atoms with Crippen LogP contribution in [0.1, 0.15) is 28.8 Å². The lowest BCUT2D eigenvalue weighted by Crippen LogP contribution is -2.62. The number of likely N-dealkylation sites (N-methyl/N-ethyl adjacent to an activating group) is 1. The van der Waals surface area contributed by atoms with Gasteiger partial charge >= 0.3 is 0 Å². The summed E-state index contributed by atoms with van der Waals surface area (Å²) in [6.07, 6.45) is 0. The smallest absolute Gasteiger partial charge is 0.254 e. The molecule has 0 spiro atoms. The van der Waals surface area contributed by atoms with Gasteiger partial charge in [0.2, 0.25) is 11.8 Å². The van der Waals surface area contributed by atoms with Crippen LogP contribution >= 0.6 is 0 Å². The highest BCUT2D eigenvalue weighted by Gasteiger charge is 2.63. The van der Waals surface area contributed by atoms with Gasteiger partial charge < -0.3 is 20.4 Å². The van der Waals surface area contributed by atoms with E-state index in [1.807, 2.05) is 12.1 Å². The number of carbonyl (C=O) groups excluding carboxylic acids is 4. The van der Waals surface area contributed by atoms with Crippen LogP contribution in [0, 0.1) is 5.92 Å². The van der Waals surface area contributed by atoms with E-state index in [4.69, 9.17) is 5.73 Å². The number of rotatable bonds is 4. The van der Waals surface area contributed by atoms with E-state index in [0.717, 1.165) is 5.56 Å². The van der Waals surface area contributed by atoms with Gasteiger partial charge in [0.15, 0.2) is 0 Å². The van der Waals surface area contributed by atoms with Crippen molar-refractivity contribution in [2.75, 3.05) is 32.1 Å². The standard InChI is InChI=1S/C24H26N4O4/c1-24-20(17(21(25)30)13-28(24)22(31)15-9-5-4-6-10-15)16-11-7-8-12-18(16)27(23(24)32)14-19(29)26(2)3/h4-12,17,20H,13-14H2,1-3H3,(H2,25,30)/t17-,20+,24-/m0/s1. The number of carbonyl (C=O) groups is 4. The van der Waals surface area contributed by atoms with E-state index in [9.17, 15) is 19.2 Å². The molecule has 0 aromatic heterocycles. The monoisotopic (exact) mass is 434 g/mol. The van der Waals surface area contributed by atoms with Crippen molar-refractivity contribution < 1.29 is 19.2 Å². The molecule has 8 heteroatoms. The minimum atomic E-state index is -1.37. The Morgan fingerprint density at radius 2 is 1.69 bits per heavy atom. The second-order valence-corrected chi connectivity index (χ2v) is 8.65. The van der Waals surface area contributed by atoms with Gasteiger partial charge in [-0.25, -0.2) is 0 Å². The normalized spacial score (nSPS) is 24.0. The van der Waals surface area contributed by atoms with Crippen LogP contribution in [0.4, 0.5) is 5.69 Å². The van der Waals surface area contributed by atoms with Crippen molar-refractivity contribution >= 4 is 29.3 Å². The lowest BCUT2D eigenvalue weighted by Gasteiger charge is -2.46. The Hall–Kier alpha value is -3.68. The zero-order chi connectivity index (χ0) is 23.2. The van der Waals surface area contributed by atoms with Crippen LogP contribution in [0.5, 0.6) is 0 Å². The molecule has 2 aromatic rings. The van der Waals surface area contributed by atoms with Crippen molar-refractivity contribution in [3.05, 3.63) is 65.7 Å². The Morgan fingerprint density at radius 1 is 1.06 bits per heavy atom. The van der Waals surface area contributed by atoms with Gasteiger partial charge in [-0.05, 0) is 30.7 Å². The van der Waals surface area contributed by atoms with Gasteiger partial charge in [-0.15, -0.1) is 0 Å². The van der Waals surface area contributed by atoms with Gasteiger partial charge in [-0.1, -0.05) is 36.4 Å². The summed E-state index contributed by atoms with van der Waals surface area (Å²) in [6, 6.07) is 15.8. The van der Waals surface area contributed by atoms with Gasteiger partial charge in [0.1, 0.15) is 12.1 Å². The fraction of sp³-hybridized carbons (Fsp3) is 0.333. The number of fused-ring (bicyclic) bond motifs is 3. The summed E-state index contributed by atoms with van der Waals surface area (Å²) in [4.78, 5) is 56.8. The number of nitrogens with two attached hydrogens (primary N) is 1. The molecule has 1 saturated heterocycles. The van der Waals surface area contributed by atoms with E-state index < -0.39 is 29.2 Å². The number of hydrogen-bond donors (Lipinski definition) is 1. The maximum absolute atomic E-state index is 14.0. The number of amides is 4. The van der Waals surface area contributed by atoms with Crippen LogP contribution in [0.25, 0.3) is 0 Å². The van der Waals surface area contributed by atoms with Gasteiger partial charge in [0.05, 0.1) is 5.92 Å². The minimum absolute atomic E-state index is 0.0275. The summed E-state index contributed by atoms with van der Waals surface area (Å²) in [5, 5.41) is 0. The topological polar surface area (TPSA) is 104 Å². The van der Waals surface area contributed by atoms with Crippen molar-refractivity contribution in [2.45, 2.75) is 18.4 Å². The van der Waals surface area contributed by atoms with Crippen LogP contribution < -0.4 is 10.6 Å². The molecule has 2 aliphatic heterocycles. The third-order valence-electron chi connectivity index (χ3n) is 6.61. The summed E-state index contributed by atoms with van der Waals surface area (Å²) in [6.45, 7) is 1.53. The second kappa shape index (κ2) is 7.78. The molecule has 1 fully saturated rings. The average molecular weight is 434 g/mol. The maximum Gasteiger partial charge on any atom is 0.254 e. The van der Waals surface area contributed by atoms with Crippen molar-refractivity contribution in [3.63, 3.8) is 0 Å². The zero-order valence-corrected chi connectivity index (χ0v) is 18.3. The van der Waals surface area contributed by atoms with Gasteiger partial charge in [-0.3, -0.25) is 19.2 Å². The Balaban J connectivity index is 1.88. The number of likely N-dealkylation sites (tertiary alicyclic amines) is 1. The number of hydrogen-bond acceptors (Lipinski definition) is 4. The summed E-state index contributed by atoms with van der Waals surface area (Å²) < 4.78 is 0. The first-order valence-corrected chi connectivity index (χ1v) is 10.4. The highest BCUT2D eigenvalue weighted by Crippen LogP contribution is 2.53. The molecule has 8 nitrogen and oxygen atoms in total. The molecule has 0 bridgehead atoms. The molecule has 4 rings (SSSR count). The van der Waals surface area contributed by atoms with Crippen molar-refractivity contribution in [3.8, 4) is 0 Å². The van der Waals surface area contributed by atoms with Crippen LogP contribution in [0.3, 0.4) is 0 Å². The third-order valence-corrected chi connectivity index (χ3v) is 6.61. The quantitative estimate of drug-likeness (QED) is 0.781. The zero-order valence-electron chi connectivity index (χ0n) is 18.3. The second-order valence-electron chi connectivity index (χ2n) is 8.65. The van der Waals surface area contributed by atoms with Crippen LogP contribution in [0.2, 0.25) is 0 Å². The third kappa shape index (κ3) is 3.14. The molecule has 0 aliphatic carbocycles. The van der Waals surface area contributed by atoms with Crippen LogP contribution in [-0.4, -0.2) is 66.2 Å². The molecule has 2 heterocycles. The lowest BCUT2D eigenvalue weighted by molar-refractivity contribution is -0.133. The fourth-order valence-corrected chi connectivity index (χ4v) is 4.92. The molecule has 0 radical (unpaired) electrons. The molecule has 2 aliphatic rings. The molecular formula is C24H26N4O4. The SMILES string of the molecule is CN(C)C(=O)CN1C(=O)[C@]2(C)[C@H](c3ccccc31)[C@@H](C(N)=O)CN2C(=O)c1ccccc1. The van der Waals surface area contributed by atoms with Gasteiger partial charge in [-0.2, -0.15) is 0 Å². The predicted molar refractivity (Wildman–Crippen MR) is 119 cm³/mol. The van der Waals surface area contributed by atoms with E-state index in [-0.39, 0.29) is 24.9 Å². The number of nitrogens with zero attached hydrogens (tertiary/aromatic N) is 3. The summed E-state index contributed by atoms with van der Waals surface area (Å²) in [7, 11) is 3.24. The molecule has 2 N–H and O–H groups in total. The fourth-order valence-electron chi connectivity index (χ4n) is 4.92.